The summed E-state index contributed by atoms with van der Waals surface area (Å²) in [6.07, 6.45) is 13.0. The Balaban J connectivity index is 3.93. The van der Waals surface area contributed by atoms with Crippen LogP contribution in [0.25, 0.3) is 0 Å². The second kappa shape index (κ2) is 15.4. The number of aliphatic imine (C=N–C) groups is 1. The van der Waals surface area contributed by atoms with Crippen molar-refractivity contribution < 1.29 is 24.2 Å². The van der Waals surface area contributed by atoms with E-state index in [2.05, 4.69) is 16.7 Å². The van der Waals surface area contributed by atoms with Crippen molar-refractivity contribution >= 4 is 18.2 Å². The van der Waals surface area contributed by atoms with Crippen molar-refractivity contribution in [1.29, 1.82) is 0 Å². The summed E-state index contributed by atoms with van der Waals surface area (Å²) >= 11 is 0. The standard InChI is InChI=1S/C23H43NO5/c1-6-7-8-9-10-11-12-13-14-15-20(25)29-19-22(2,3)17-24-18-23(4,27)16-21(26)28-5/h17,27H,6-16,18-19H2,1-5H3. The van der Waals surface area contributed by atoms with Gasteiger partial charge in [0.15, 0.2) is 0 Å². The van der Waals surface area contributed by atoms with Gasteiger partial charge in [0.2, 0.25) is 0 Å². The number of unbranched alkanes of at least 4 members (excludes halogenated alkanes) is 8. The predicted octanol–water partition coefficient (Wildman–Crippen LogP) is 4.86. The van der Waals surface area contributed by atoms with Gasteiger partial charge in [-0.15, -0.1) is 0 Å². The third-order valence-corrected chi connectivity index (χ3v) is 4.72. The average Bonchev–Trinajstić information content (AvgIpc) is 2.64. The molecule has 170 valence electrons. The van der Waals surface area contributed by atoms with E-state index in [9.17, 15) is 14.7 Å². The van der Waals surface area contributed by atoms with Crippen LogP contribution in [-0.2, 0) is 19.1 Å². The van der Waals surface area contributed by atoms with Gasteiger partial charge in [0.25, 0.3) is 0 Å². The number of ether oxygens (including phenoxy) is 2. The first-order chi connectivity index (χ1) is 13.6. The number of carbonyl (C=O) groups is 2. The first-order valence-electron chi connectivity index (χ1n) is 11.1. The van der Waals surface area contributed by atoms with E-state index < -0.39 is 17.0 Å². The summed E-state index contributed by atoms with van der Waals surface area (Å²) in [5.74, 6) is -0.651. The molecule has 0 saturated carbocycles. The van der Waals surface area contributed by atoms with Gasteiger partial charge in [0.1, 0.15) is 6.61 Å². The maximum Gasteiger partial charge on any atom is 0.308 e. The highest BCUT2D eigenvalue weighted by atomic mass is 16.5. The van der Waals surface area contributed by atoms with Gasteiger partial charge in [-0.05, 0) is 13.3 Å². The van der Waals surface area contributed by atoms with Gasteiger partial charge >= 0.3 is 11.9 Å². The molecule has 0 spiro atoms. The van der Waals surface area contributed by atoms with Crippen molar-refractivity contribution in [2.45, 2.75) is 104 Å². The number of hydrogen-bond donors (Lipinski definition) is 1. The second-order valence-corrected chi connectivity index (χ2v) is 8.95. The van der Waals surface area contributed by atoms with Gasteiger partial charge in [0.05, 0.1) is 25.7 Å². The Bertz CT molecular complexity index is 486. The Labute approximate surface area is 177 Å². The zero-order valence-corrected chi connectivity index (χ0v) is 19.3. The number of hydrogen-bond acceptors (Lipinski definition) is 6. The molecule has 1 atom stereocenters. The van der Waals surface area contributed by atoms with E-state index in [-0.39, 0.29) is 25.5 Å². The smallest absolute Gasteiger partial charge is 0.308 e. The molecule has 0 heterocycles. The lowest BCUT2D eigenvalue weighted by Crippen LogP contribution is -2.32. The molecule has 0 aromatic heterocycles. The zero-order valence-electron chi connectivity index (χ0n) is 19.3. The van der Waals surface area contributed by atoms with Gasteiger partial charge in [-0.1, -0.05) is 72.1 Å². The van der Waals surface area contributed by atoms with Crippen LogP contribution in [0.5, 0.6) is 0 Å². The van der Waals surface area contributed by atoms with Crippen LogP contribution >= 0.6 is 0 Å². The molecule has 0 aliphatic rings. The molecule has 1 unspecified atom stereocenters. The monoisotopic (exact) mass is 413 g/mol. The first-order valence-corrected chi connectivity index (χ1v) is 11.1. The van der Waals surface area contributed by atoms with Crippen molar-refractivity contribution in [2.24, 2.45) is 10.4 Å². The largest absolute Gasteiger partial charge is 0.469 e. The van der Waals surface area contributed by atoms with E-state index in [1.165, 1.54) is 52.1 Å². The lowest BCUT2D eigenvalue weighted by molar-refractivity contribution is -0.146. The quantitative estimate of drug-likeness (QED) is 0.209. The Morgan fingerprint density at radius 3 is 2.03 bits per heavy atom. The molecule has 1 N–H and O–H groups in total. The SMILES string of the molecule is CCCCCCCCCCCC(=O)OCC(C)(C)C=NCC(C)(O)CC(=O)OC. The van der Waals surface area contributed by atoms with Crippen molar-refractivity contribution in [2.75, 3.05) is 20.3 Å². The van der Waals surface area contributed by atoms with Crippen LogP contribution < -0.4 is 0 Å². The van der Waals surface area contributed by atoms with Gasteiger partial charge in [0, 0.05) is 18.1 Å². The van der Waals surface area contributed by atoms with Crippen LogP contribution in [-0.4, -0.2) is 49.1 Å². The Hall–Kier alpha value is -1.43. The topological polar surface area (TPSA) is 85.2 Å². The van der Waals surface area contributed by atoms with E-state index >= 15 is 0 Å². The van der Waals surface area contributed by atoms with E-state index in [1.807, 2.05) is 13.8 Å². The van der Waals surface area contributed by atoms with E-state index in [1.54, 1.807) is 13.1 Å². The zero-order chi connectivity index (χ0) is 22.2. The fourth-order valence-corrected chi connectivity index (χ4v) is 2.88. The normalized spacial score (nSPS) is 14.0. The molecule has 0 fully saturated rings. The summed E-state index contributed by atoms with van der Waals surface area (Å²) in [7, 11) is 1.29. The molecule has 0 aliphatic heterocycles. The fraction of sp³-hybridized carbons (Fsp3) is 0.870. The summed E-state index contributed by atoms with van der Waals surface area (Å²) in [4.78, 5) is 27.4. The minimum absolute atomic E-state index is 0.0813. The van der Waals surface area contributed by atoms with E-state index in [0.29, 0.717) is 6.42 Å². The molecule has 0 amide bonds. The second-order valence-electron chi connectivity index (χ2n) is 8.95. The van der Waals surface area contributed by atoms with Gasteiger partial charge in [-0.2, -0.15) is 0 Å². The molecule has 29 heavy (non-hydrogen) atoms. The lowest BCUT2D eigenvalue weighted by Gasteiger charge is -2.22. The molecule has 0 bridgehead atoms. The summed E-state index contributed by atoms with van der Waals surface area (Å²) < 4.78 is 9.94. The van der Waals surface area contributed by atoms with Crippen molar-refractivity contribution in [3.63, 3.8) is 0 Å². The van der Waals surface area contributed by atoms with Crippen molar-refractivity contribution in [1.82, 2.24) is 0 Å². The molecule has 0 aromatic carbocycles. The van der Waals surface area contributed by atoms with Crippen LogP contribution in [0.1, 0.15) is 98.3 Å². The molecular weight excluding hydrogens is 370 g/mol. The molecule has 6 heteroatoms. The third kappa shape index (κ3) is 17.2. The van der Waals surface area contributed by atoms with Gasteiger partial charge in [-0.3, -0.25) is 14.6 Å². The van der Waals surface area contributed by atoms with E-state index in [0.717, 1.165) is 12.8 Å². The highest BCUT2D eigenvalue weighted by Crippen LogP contribution is 2.16. The first kappa shape index (κ1) is 27.6. The Kier molecular flexibility index (Phi) is 14.7. The molecular formula is C23H43NO5. The van der Waals surface area contributed by atoms with Crippen molar-refractivity contribution in [3.05, 3.63) is 0 Å². The third-order valence-electron chi connectivity index (χ3n) is 4.72. The van der Waals surface area contributed by atoms with Crippen LogP contribution in [0, 0.1) is 5.41 Å². The lowest BCUT2D eigenvalue weighted by atomic mass is 9.96. The maximum atomic E-state index is 11.9. The Morgan fingerprint density at radius 1 is 0.931 bits per heavy atom. The van der Waals surface area contributed by atoms with Crippen LogP contribution in [0.15, 0.2) is 4.99 Å². The highest BCUT2D eigenvalue weighted by molar-refractivity contribution is 5.71. The number of rotatable bonds is 17. The number of esters is 2. The van der Waals surface area contributed by atoms with Crippen LogP contribution in [0.4, 0.5) is 0 Å². The summed E-state index contributed by atoms with van der Waals surface area (Å²) in [6, 6.07) is 0. The molecule has 0 aliphatic carbocycles. The van der Waals surface area contributed by atoms with Crippen molar-refractivity contribution in [3.8, 4) is 0 Å². The highest BCUT2D eigenvalue weighted by Gasteiger charge is 2.25. The predicted molar refractivity (Wildman–Crippen MR) is 117 cm³/mol. The average molecular weight is 414 g/mol. The molecule has 0 aromatic rings. The fourth-order valence-electron chi connectivity index (χ4n) is 2.88. The van der Waals surface area contributed by atoms with Crippen LogP contribution in [0.3, 0.4) is 0 Å². The summed E-state index contributed by atoms with van der Waals surface area (Å²) in [5.41, 5.74) is -1.69. The minimum Gasteiger partial charge on any atom is -0.469 e. The number of aliphatic hydroxyl groups is 1. The molecule has 6 nitrogen and oxygen atoms in total. The van der Waals surface area contributed by atoms with E-state index in [4.69, 9.17) is 4.74 Å². The summed E-state index contributed by atoms with van der Waals surface area (Å²) in [5, 5.41) is 10.1. The number of nitrogens with zero attached hydrogens (tertiary/aromatic N) is 1. The molecule has 0 rings (SSSR count). The number of carbonyl (C=O) groups excluding carboxylic acids is 2. The number of methoxy groups -OCH3 is 1. The molecule has 0 saturated heterocycles. The molecule has 0 radical (unpaired) electrons. The Morgan fingerprint density at radius 2 is 1.48 bits per heavy atom. The van der Waals surface area contributed by atoms with Gasteiger partial charge in [-0.25, -0.2) is 0 Å². The maximum absolute atomic E-state index is 11.9. The summed E-state index contributed by atoms with van der Waals surface area (Å²) in [6.45, 7) is 7.92. The van der Waals surface area contributed by atoms with Gasteiger partial charge < -0.3 is 14.6 Å². The van der Waals surface area contributed by atoms with Crippen LogP contribution in [0.2, 0.25) is 0 Å². The minimum atomic E-state index is -1.26.